The first kappa shape index (κ1) is 14.1. The van der Waals surface area contributed by atoms with E-state index in [1.807, 2.05) is 0 Å². The fourth-order valence-corrected chi connectivity index (χ4v) is 2.00. The zero-order chi connectivity index (χ0) is 14.7. The monoisotopic (exact) mass is 288 g/mol. The number of carbonyl (C=O) groups is 2. The SMILES string of the molecule is CN(C=O)c1ccc(C(=O)c2cccc(N)c2Cl)cc1. The van der Waals surface area contributed by atoms with Crippen molar-refractivity contribution in [3.05, 3.63) is 58.6 Å². The van der Waals surface area contributed by atoms with E-state index in [1.165, 1.54) is 4.90 Å². The summed E-state index contributed by atoms with van der Waals surface area (Å²) in [6, 6.07) is 11.6. The number of nitrogens with two attached hydrogens (primary N) is 1. The molecule has 0 atom stereocenters. The van der Waals surface area contributed by atoms with Crippen molar-refractivity contribution >= 4 is 35.2 Å². The number of benzene rings is 2. The molecule has 0 saturated heterocycles. The Morgan fingerprint density at radius 1 is 1.20 bits per heavy atom. The fraction of sp³-hybridized carbons (Fsp3) is 0.0667. The van der Waals surface area contributed by atoms with Gasteiger partial charge in [0.25, 0.3) is 0 Å². The molecule has 20 heavy (non-hydrogen) atoms. The highest BCUT2D eigenvalue weighted by Gasteiger charge is 2.14. The number of rotatable bonds is 4. The average molecular weight is 289 g/mol. The zero-order valence-electron chi connectivity index (χ0n) is 10.8. The van der Waals surface area contributed by atoms with Gasteiger partial charge in [0.2, 0.25) is 6.41 Å². The van der Waals surface area contributed by atoms with E-state index in [-0.39, 0.29) is 10.8 Å². The zero-order valence-corrected chi connectivity index (χ0v) is 11.6. The molecular weight excluding hydrogens is 276 g/mol. The van der Waals surface area contributed by atoms with Crippen molar-refractivity contribution in [2.24, 2.45) is 0 Å². The van der Waals surface area contributed by atoms with Crippen molar-refractivity contribution in [2.45, 2.75) is 0 Å². The van der Waals surface area contributed by atoms with Crippen LogP contribution in [0.25, 0.3) is 0 Å². The molecule has 2 aromatic rings. The van der Waals surface area contributed by atoms with Crippen LogP contribution in [0.5, 0.6) is 0 Å². The molecule has 0 heterocycles. The van der Waals surface area contributed by atoms with Gasteiger partial charge in [0.1, 0.15) is 0 Å². The van der Waals surface area contributed by atoms with Gasteiger partial charge in [-0.1, -0.05) is 17.7 Å². The van der Waals surface area contributed by atoms with Gasteiger partial charge in [-0.3, -0.25) is 9.59 Å². The minimum atomic E-state index is -0.206. The van der Waals surface area contributed by atoms with Crippen LogP contribution < -0.4 is 10.6 Å². The highest BCUT2D eigenvalue weighted by molar-refractivity contribution is 6.37. The molecule has 102 valence electrons. The van der Waals surface area contributed by atoms with Crippen molar-refractivity contribution in [3.8, 4) is 0 Å². The topological polar surface area (TPSA) is 63.4 Å². The quantitative estimate of drug-likeness (QED) is 0.534. The Kier molecular flexibility index (Phi) is 4.05. The van der Waals surface area contributed by atoms with Gasteiger partial charge in [0.15, 0.2) is 5.78 Å². The molecule has 0 aliphatic carbocycles. The second kappa shape index (κ2) is 5.75. The van der Waals surface area contributed by atoms with Gasteiger partial charge in [0.05, 0.1) is 10.7 Å². The van der Waals surface area contributed by atoms with E-state index in [2.05, 4.69) is 0 Å². The normalized spacial score (nSPS) is 10.1. The molecule has 0 spiro atoms. The van der Waals surface area contributed by atoms with E-state index in [1.54, 1.807) is 49.5 Å². The molecule has 2 rings (SSSR count). The molecule has 5 heteroatoms. The number of ketones is 1. The van der Waals surface area contributed by atoms with Crippen LogP contribution >= 0.6 is 11.6 Å². The summed E-state index contributed by atoms with van der Waals surface area (Å²) in [5.74, 6) is -0.206. The summed E-state index contributed by atoms with van der Waals surface area (Å²) in [5, 5.41) is 0.256. The number of nitrogens with zero attached hydrogens (tertiary/aromatic N) is 1. The Labute approximate surface area is 121 Å². The van der Waals surface area contributed by atoms with E-state index >= 15 is 0 Å². The van der Waals surface area contributed by atoms with Gasteiger partial charge in [0, 0.05) is 23.9 Å². The Morgan fingerprint density at radius 3 is 2.45 bits per heavy atom. The number of halogens is 1. The van der Waals surface area contributed by atoms with Gasteiger partial charge in [-0.15, -0.1) is 0 Å². The summed E-state index contributed by atoms with van der Waals surface area (Å²) < 4.78 is 0. The van der Waals surface area contributed by atoms with Crippen molar-refractivity contribution in [2.75, 3.05) is 17.7 Å². The van der Waals surface area contributed by atoms with E-state index < -0.39 is 0 Å². The van der Waals surface area contributed by atoms with Crippen LogP contribution in [0.2, 0.25) is 5.02 Å². The fourth-order valence-electron chi connectivity index (χ4n) is 1.79. The first-order valence-electron chi connectivity index (χ1n) is 5.91. The predicted octanol–water partition coefficient (Wildman–Crippen LogP) is 2.75. The molecule has 1 amide bonds. The maximum Gasteiger partial charge on any atom is 0.213 e. The predicted molar refractivity (Wildman–Crippen MR) is 80.2 cm³/mol. The number of anilines is 2. The smallest absolute Gasteiger partial charge is 0.213 e. The second-order valence-electron chi connectivity index (χ2n) is 4.30. The number of nitrogen functional groups attached to an aromatic ring is 1. The van der Waals surface area contributed by atoms with E-state index in [4.69, 9.17) is 17.3 Å². The third-order valence-electron chi connectivity index (χ3n) is 2.97. The highest BCUT2D eigenvalue weighted by Crippen LogP contribution is 2.26. The van der Waals surface area contributed by atoms with Crippen LogP contribution in [0.1, 0.15) is 15.9 Å². The maximum atomic E-state index is 12.3. The van der Waals surface area contributed by atoms with Crippen molar-refractivity contribution < 1.29 is 9.59 Å². The molecule has 0 aromatic heterocycles. The standard InChI is InChI=1S/C15H13ClN2O2/c1-18(9-19)11-7-5-10(6-8-11)15(20)12-3-2-4-13(17)14(12)16/h2-9H,17H2,1H3. The minimum Gasteiger partial charge on any atom is -0.398 e. The van der Waals surface area contributed by atoms with Crippen molar-refractivity contribution in [1.29, 1.82) is 0 Å². The second-order valence-corrected chi connectivity index (χ2v) is 4.68. The van der Waals surface area contributed by atoms with Crippen LogP contribution in [-0.4, -0.2) is 19.2 Å². The molecule has 0 radical (unpaired) electrons. The molecule has 0 aliphatic heterocycles. The van der Waals surface area contributed by atoms with E-state index in [0.717, 1.165) is 0 Å². The minimum absolute atomic E-state index is 0.206. The van der Waals surface area contributed by atoms with Crippen LogP contribution in [0.4, 0.5) is 11.4 Å². The molecule has 4 nitrogen and oxygen atoms in total. The molecule has 0 aliphatic rings. The third kappa shape index (κ3) is 2.65. The lowest BCUT2D eigenvalue weighted by Gasteiger charge is -2.11. The van der Waals surface area contributed by atoms with E-state index in [9.17, 15) is 9.59 Å². The van der Waals surface area contributed by atoms with Gasteiger partial charge in [-0.05, 0) is 36.4 Å². The lowest BCUT2D eigenvalue weighted by molar-refractivity contribution is -0.107. The van der Waals surface area contributed by atoms with Crippen LogP contribution in [0.15, 0.2) is 42.5 Å². The number of hydrogen-bond donors (Lipinski definition) is 1. The Morgan fingerprint density at radius 2 is 1.85 bits per heavy atom. The van der Waals surface area contributed by atoms with Crippen LogP contribution in [0, 0.1) is 0 Å². The summed E-state index contributed by atoms with van der Waals surface area (Å²) in [7, 11) is 1.64. The molecule has 0 unspecified atom stereocenters. The molecule has 0 fully saturated rings. The number of carbonyl (C=O) groups excluding carboxylic acids is 2. The Balaban J connectivity index is 2.34. The Bertz CT molecular complexity index is 653. The van der Waals surface area contributed by atoms with Crippen molar-refractivity contribution in [1.82, 2.24) is 0 Å². The summed E-state index contributed by atoms with van der Waals surface area (Å²) in [4.78, 5) is 24.4. The molecular formula is C15H13ClN2O2. The summed E-state index contributed by atoms with van der Waals surface area (Å²) in [5.41, 5.74) is 7.61. The first-order chi connectivity index (χ1) is 9.54. The first-order valence-corrected chi connectivity index (χ1v) is 6.29. The molecule has 0 bridgehead atoms. The highest BCUT2D eigenvalue weighted by atomic mass is 35.5. The largest absolute Gasteiger partial charge is 0.398 e. The van der Waals surface area contributed by atoms with E-state index in [0.29, 0.717) is 28.9 Å². The number of hydrogen-bond acceptors (Lipinski definition) is 3. The van der Waals surface area contributed by atoms with Gasteiger partial charge >= 0.3 is 0 Å². The van der Waals surface area contributed by atoms with Crippen LogP contribution in [0.3, 0.4) is 0 Å². The third-order valence-corrected chi connectivity index (χ3v) is 3.39. The van der Waals surface area contributed by atoms with Crippen LogP contribution in [-0.2, 0) is 4.79 Å². The lowest BCUT2D eigenvalue weighted by Crippen LogP contribution is -2.13. The maximum absolute atomic E-state index is 12.3. The van der Waals surface area contributed by atoms with Crippen molar-refractivity contribution in [3.63, 3.8) is 0 Å². The van der Waals surface area contributed by atoms with Gasteiger partial charge in [-0.25, -0.2) is 0 Å². The lowest BCUT2D eigenvalue weighted by atomic mass is 10.0. The Hall–Kier alpha value is -2.33. The summed E-state index contributed by atoms with van der Waals surface area (Å²) in [6.07, 6.45) is 0.700. The van der Waals surface area contributed by atoms with Gasteiger partial charge in [-0.2, -0.15) is 0 Å². The molecule has 2 N–H and O–H groups in total. The average Bonchev–Trinajstić information content (AvgIpc) is 2.48. The summed E-state index contributed by atoms with van der Waals surface area (Å²) >= 11 is 6.04. The number of amides is 1. The summed E-state index contributed by atoms with van der Waals surface area (Å²) in [6.45, 7) is 0. The molecule has 0 saturated carbocycles. The van der Waals surface area contributed by atoms with Gasteiger partial charge < -0.3 is 10.6 Å². The molecule has 2 aromatic carbocycles.